The van der Waals surface area contributed by atoms with E-state index in [-0.39, 0.29) is 5.75 Å². The smallest absolute Gasteiger partial charge is 0.151 e. The summed E-state index contributed by atoms with van der Waals surface area (Å²) in [5, 5.41) is 0. The number of sulfone groups is 1. The standard InChI is InChI=1S/C8H18N2O2S/c1-8(7-9)10-3-2-5-13(11,12)6-4-10/h8H,2-7,9H2,1H3. The summed E-state index contributed by atoms with van der Waals surface area (Å²) in [5.74, 6) is 0.623. The molecule has 1 fully saturated rings. The fourth-order valence-corrected chi connectivity index (χ4v) is 2.83. The van der Waals surface area contributed by atoms with E-state index >= 15 is 0 Å². The molecule has 0 aromatic heterocycles. The zero-order valence-electron chi connectivity index (χ0n) is 8.07. The molecule has 0 saturated carbocycles. The van der Waals surface area contributed by atoms with Gasteiger partial charge in [-0.15, -0.1) is 0 Å². The summed E-state index contributed by atoms with van der Waals surface area (Å²) in [6, 6.07) is 0.299. The summed E-state index contributed by atoms with van der Waals surface area (Å²) in [7, 11) is -2.78. The molecule has 0 spiro atoms. The molecule has 0 bridgehead atoms. The van der Waals surface area contributed by atoms with E-state index in [1.54, 1.807) is 0 Å². The molecule has 78 valence electrons. The Bertz CT molecular complexity index is 251. The van der Waals surface area contributed by atoms with Crippen molar-refractivity contribution >= 4 is 9.84 Å². The molecule has 0 aromatic carbocycles. The Labute approximate surface area is 80.0 Å². The SMILES string of the molecule is CC(CN)N1CCCS(=O)(=O)CC1. The summed E-state index contributed by atoms with van der Waals surface area (Å²) in [5.41, 5.74) is 5.53. The molecule has 13 heavy (non-hydrogen) atoms. The minimum atomic E-state index is -2.78. The Balaban J connectivity index is 2.54. The molecule has 1 rings (SSSR count). The molecule has 0 aliphatic carbocycles. The first-order chi connectivity index (χ1) is 6.05. The van der Waals surface area contributed by atoms with Crippen molar-refractivity contribution in [1.82, 2.24) is 4.90 Å². The maximum Gasteiger partial charge on any atom is 0.151 e. The largest absolute Gasteiger partial charge is 0.329 e. The van der Waals surface area contributed by atoms with Crippen LogP contribution in [0.25, 0.3) is 0 Å². The highest BCUT2D eigenvalue weighted by molar-refractivity contribution is 7.91. The first-order valence-corrected chi connectivity index (χ1v) is 6.52. The average molecular weight is 206 g/mol. The van der Waals surface area contributed by atoms with E-state index in [0.717, 1.165) is 13.0 Å². The van der Waals surface area contributed by atoms with E-state index in [2.05, 4.69) is 4.90 Å². The fraction of sp³-hybridized carbons (Fsp3) is 1.00. The third-order valence-electron chi connectivity index (χ3n) is 2.55. The maximum atomic E-state index is 11.3. The van der Waals surface area contributed by atoms with Crippen molar-refractivity contribution in [2.45, 2.75) is 19.4 Å². The van der Waals surface area contributed by atoms with Crippen LogP contribution in [0.5, 0.6) is 0 Å². The quantitative estimate of drug-likeness (QED) is 0.659. The lowest BCUT2D eigenvalue weighted by molar-refractivity contribution is 0.230. The average Bonchev–Trinajstić information content (AvgIpc) is 2.25. The number of hydrogen-bond donors (Lipinski definition) is 1. The van der Waals surface area contributed by atoms with Crippen molar-refractivity contribution in [1.29, 1.82) is 0 Å². The van der Waals surface area contributed by atoms with Crippen molar-refractivity contribution in [3.05, 3.63) is 0 Å². The number of rotatable bonds is 2. The van der Waals surface area contributed by atoms with Crippen LogP contribution in [0.3, 0.4) is 0 Å². The lowest BCUT2D eigenvalue weighted by Gasteiger charge is -2.25. The molecule has 0 aromatic rings. The van der Waals surface area contributed by atoms with Gasteiger partial charge in [-0.1, -0.05) is 0 Å². The van der Waals surface area contributed by atoms with E-state index in [1.807, 2.05) is 6.92 Å². The lowest BCUT2D eigenvalue weighted by Crippen LogP contribution is -2.40. The van der Waals surface area contributed by atoms with Crippen LogP contribution in [0.2, 0.25) is 0 Å². The van der Waals surface area contributed by atoms with E-state index in [4.69, 9.17) is 5.73 Å². The van der Waals surface area contributed by atoms with Gasteiger partial charge < -0.3 is 5.73 Å². The lowest BCUT2D eigenvalue weighted by atomic mass is 10.2. The van der Waals surface area contributed by atoms with Gasteiger partial charge in [0, 0.05) is 19.1 Å². The predicted molar refractivity (Wildman–Crippen MR) is 53.4 cm³/mol. The monoisotopic (exact) mass is 206 g/mol. The van der Waals surface area contributed by atoms with Crippen LogP contribution in [0, 0.1) is 0 Å². The molecule has 1 atom stereocenters. The van der Waals surface area contributed by atoms with Crippen molar-refractivity contribution in [2.24, 2.45) is 5.73 Å². The second-order valence-corrected chi connectivity index (χ2v) is 5.93. The Morgan fingerprint density at radius 2 is 2.08 bits per heavy atom. The van der Waals surface area contributed by atoms with E-state index in [9.17, 15) is 8.42 Å². The van der Waals surface area contributed by atoms with E-state index in [1.165, 1.54) is 0 Å². The molecule has 1 saturated heterocycles. The summed E-state index contributed by atoms with van der Waals surface area (Å²) < 4.78 is 22.5. The van der Waals surface area contributed by atoms with Crippen LogP contribution < -0.4 is 5.73 Å². The second-order valence-electron chi connectivity index (χ2n) is 3.63. The Morgan fingerprint density at radius 3 is 2.69 bits per heavy atom. The van der Waals surface area contributed by atoms with E-state index < -0.39 is 9.84 Å². The summed E-state index contributed by atoms with van der Waals surface area (Å²) in [6.07, 6.45) is 0.743. The highest BCUT2D eigenvalue weighted by Crippen LogP contribution is 2.07. The highest BCUT2D eigenvalue weighted by atomic mass is 32.2. The van der Waals surface area contributed by atoms with Crippen molar-refractivity contribution < 1.29 is 8.42 Å². The van der Waals surface area contributed by atoms with Gasteiger partial charge in [0.1, 0.15) is 0 Å². The summed E-state index contributed by atoms with van der Waals surface area (Å²) >= 11 is 0. The van der Waals surface area contributed by atoms with Gasteiger partial charge in [-0.05, 0) is 19.9 Å². The van der Waals surface area contributed by atoms with Gasteiger partial charge in [-0.2, -0.15) is 0 Å². The van der Waals surface area contributed by atoms with Gasteiger partial charge in [-0.25, -0.2) is 8.42 Å². The van der Waals surface area contributed by atoms with Crippen LogP contribution >= 0.6 is 0 Å². The Kier molecular flexibility index (Phi) is 3.70. The third-order valence-corrected chi connectivity index (χ3v) is 4.27. The maximum absolute atomic E-state index is 11.3. The normalized spacial score (nSPS) is 26.6. The van der Waals surface area contributed by atoms with Crippen LogP contribution in [-0.2, 0) is 9.84 Å². The minimum absolute atomic E-state index is 0.289. The van der Waals surface area contributed by atoms with Gasteiger partial charge >= 0.3 is 0 Å². The number of nitrogens with zero attached hydrogens (tertiary/aromatic N) is 1. The summed E-state index contributed by atoms with van der Waals surface area (Å²) in [4.78, 5) is 2.16. The van der Waals surface area contributed by atoms with Crippen molar-refractivity contribution in [3.63, 3.8) is 0 Å². The molecular formula is C8H18N2O2S. The van der Waals surface area contributed by atoms with Crippen molar-refractivity contribution in [2.75, 3.05) is 31.1 Å². The van der Waals surface area contributed by atoms with Gasteiger partial charge in [-0.3, -0.25) is 4.90 Å². The molecule has 1 aliphatic rings. The van der Waals surface area contributed by atoms with Crippen molar-refractivity contribution in [3.8, 4) is 0 Å². The molecule has 1 aliphatic heterocycles. The predicted octanol–water partition coefficient (Wildman–Crippen LogP) is -0.546. The molecule has 1 heterocycles. The molecule has 0 radical (unpaired) electrons. The van der Waals surface area contributed by atoms with Crippen LogP contribution in [0.15, 0.2) is 0 Å². The Morgan fingerprint density at radius 1 is 1.38 bits per heavy atom. The second kappa shape index (κ2) is 4.39. The van der Waals surface area contributed by atoms with Crippen LogP contribution in [0.4, 0.5) is 0 Å². The molecule has 2 N–H and O–H groups in total. The first-order valence-electron chi connectivity index (χ1n) is 4.70. The molecule has 1 unspecified atom stereocenters. The van der Waals surface area contributed by atoms with Crippen LogP contribution in [-0.4, -0.2) is 50.5 Å². The highest BCUT2D eigenvalue weighted by Gasteiger charge is 2.21. The zero-order valence-corrected chi connectivity index (χ0v) is 8.89. The minimum Gasteiger partial charge on any atom is -0.329 e. The molecular weight excluding hydrogens is 188 g/mol. The fourth-order valence-electron chi connectivity index (χ4n) is 1.55. The molecule has 0 amide bonds. The van der Waals surface area contributed by atoms with Gasteiger partial charge in [0.2, 0.25) is 0 Å². The molecule has 5 heteroatoms. The molecule has 4 nitrogen and oxygen atoms in total. The summed E-state index contributed by atoms with van der Waals surface area (Å²) in [6.45, 7) is 4.14. The zero-order chi connectivity index (χ0) is 9.90. The topological polar surface area (TPSA) is 63.4 Å². The van der Waals surface area contributed by atoms with Gasteiger partial charge in [0.05, 0.1) is 11.5 Å². The van der Waals surface area contributed by atoms with Crippen LogP contribution in [0.1, 0.15) is 13.3 Å². The van der Waals surface area contributed by atoms with E-state index in [0.29, 0.717) is 24.9 Å². The first kappa shape index (κ1) is 10.9. The van der Waals surface area contributed by atoms with Gasteiger partial charge in [0.15, 0.2) is 9.84 Å². The number of hydrogen-bond acceptors (Lipinski definition) is 4. The number of nitrogens with two attached hydrogens (primary N) is 1. The third kappa shape index (κ3) is 3.25. The Hall–Kier alpha value is -0.130. The van der Waals surface area contributed by atoms with Gasteiger partial charge in [0.25, 0.3) is 0 Å².